The average Bonchev–Trinajstić information content (AvgIpc) is 2.42. The lowest BCUT2D eigenvalue weighted by Crippen LogP contribution is -2.14. The van der Waals surface area contributed by atoms with Crippen molar-refractivity contribution in [3.05, 3.63) is 47.5 Å². The Hall–Kier alpha value is -2.69. The van der Waals surface area contributed by atoms with Crippen molar-refractivity contribution in [2.24, 2.45) is 0 Å². The fraction of sp³-hybridized carbons (Fsp3) is 0.133. The van der Waals surface area contributed by atoms with E-state index >= 15 is 0 Å². The number of nitrogens with one attached hydrogen (secondary N) is 1. The molecule has 2 aromatic carbocycles. The Kier molecular flexibility index (Phi) is 3.79. The maximum absolute atomic E-state index is 12.2. The monoisotopic (exact) mass is 272 g/mol. The van der Waals surface area contributed by atoms with E-state index in [4.69, 9.17) is 10.5 Å². The Morgan fingerprint density at radius 2 is 2.05 bits per heavy atom. The molecule has 20 heavy (non-hydrogen) atoms. The number of aromatic hydroxyl groups is 1. The number of hydrogen-bond acceptors (Lipinski definition) is 4. The van der Waals surface area contributed by atoms with Crippen molar-refractivity contribution in [1.29, 1.82) is 0 Å². The van der Waals surface area contributed by atoms with Gasteiger partial charge < -0.3 is 20.9 Å². The molecule has 0 spiro atoms. The minimum atomic E-state index is -0.350. The largest absolute Gasteiger partial charge is 0.508 e. The minimum absolute atomic E-state index is 0.127. The van der Waals surface area contributed by atoms with Crippen LogP contribution >= 0.6 is 0 Å². The molecule has 0 fully saturated rings. The van der Waals surface area contributed by atoms with E-state index in [1.165, 1.54) is 13.2 Å². The molecule has 0 aromatic heterocycles. The molecular formula is C15H16N2O3. The Balaban J connectivity index is 2.28. The molecule has 5 nitrogen and oxygen atoms in total. The molecule has 0 heterocycles. The second-order valence-corrected chi connectivity index (χ2v) is 4.38. The molecule has 5 heteroatoms. The summed E-state index contributed by atoms with van der Waals surface area (Å²) in [7, 11) is 1.46. The highest BCUT2D eigenvalue weighted by Crippen LogP contribution is 2.27. The van der Waals surface area contributed by atoms with E-state index in [-0.39, 0.29) is 11.7 Å². The van der Waals surface area contributed by atoms with Gasteiger partial charge in [-0.3, -0.25) is 4.79 Å². The van der Waals surface area contributed by atoms with E-state index in [0.717, 1.165) is 5.56 Å². The maximum atomic E-state index is 12.2. The summed E-state index contributed by atoms with van der Waals surface area (Å²) in [5, 5.41) is 12.3. The summed E-state index contributed by atoms with van der Waals surface area (Å²) < 4.78 is 5.14. The van der Waals surface area contributed by atoms with Crippen molar-refractivity contribution >= 4 is 17.3 Å². The quantitative estimate of drug-likeness (QED) is 0.750. The summed E-state index contributed by atoms with van der Waals surface area (Å²) in [6, 6.07) is 9.89. The number of ether oxygens (including phenoxy) is 1. The number of hydrogen-bond donors (Lipinski definition) is 3. The highest BCUT2D eigenvalue weighted by molar-refractivity contribution is 6.07. The van der Waals surface area contributed by atoms with Gasteiger partial charge in [0.05, 0.1) is 18.4 Å². The smallest absolute Gasteiger partial charge is 0.259 e. The zero-order valence-corrected chi connectivity index (χ0v) is 11.3. The van der Waals surface area contributed by atoms with Crippen LogP contribution in [0.5, 0.6) is 11.5 Å². The number of aryl methyl sites for hydroxylation is 1. The second-order valence-electron chi connectivity index (χ2n) is 4.38. The molecule has 0 saturated heterocycles. The molecule has 2 rings (SSSR count). The molecule has 104 valence electrons. The third-order valence-corrected chi connectivity index (χ3v) is 2.96. The number of phenols is 1. The van der Waals surface area contributed by atoms with Gasteiger partial charge >= 0.3 is 0 Å². The number of carbonyl (C=O) groups is 1. The predicted molar refractivity (Wildman–Crippen MR) is 78.2 cm³/mol. The van der Waals surface area contributed by atoms with Crippen LogP contribution in [0.15, 0.2) is 36.4 Å². The van der Waals surface area contributed by atoms with E-state index in [0.29, 0.717) is 22.7 Å². The van der Waals surface area contributed by atoms with Crippen molar-refractivity contribution in [2.45, 2.75) is 6.92 Å². The summed E-state index contributed by atoms with van der Waals surface area (Å²) in [6.45, 7) is 1.78. The van der Waals surface area contributed by atoms with E-state index in [1.54, 1.807) is 37.3 Å². The molecule has 0 atom stereocenters. The van der Waals surface area contributed by atoms with Crippen molar-refractivity contribution in [3.8, 4) is 11.5 Å². The zero-order valence-electron chi connectivity index (χ0n) is 11.3. The Bertz CT molecular complexity index is 654. The Labute approximate surface area is 117 Å². The first kappa shape index (κ1) is 13.7. The third kappa shape index (κ3) is 2.66. The van der Waals surface area contributed by atoms with Crippen LogP contribution in [0, 0.1) is 6.92 Å². The fourth-order valence-electron chi connectivity index (χ4n) is 1.85. The lowest BCUT2D eigenvalue weighted by Gasteiger charge is -2.11. The van der Waals surface area contributed by atoms with E-state index < -0.39 is 0 Å². The number of para-hydroxylation sites is 1. The van der Waals surface area contributed by atoms with Gasteiger partial charge in [-0.15, -0.1) is 0 Å². The van der Waals surface area contributed by atoms with Crippen LogP contribution in [0.1, 0.15) is 15.9 Å². The number of anilines is 2. The number of nitrogens with two attached hydrogens (primary N) is 1. The van der Waals surface area contributed by atoms with E-state index in [9.17, 15) is 9.90 Å². The molecule has 0 bridgehead atoms. The first-order valence-electron chi connectivity index (χ1n) is 6.06. The van der Waals surface area contributed by atoms with Crippen LogP contribution in [0.2, 0.25) is 0 Å². The Morgan fingerprint density at radius 1 is 1.30 bits per heavy atom. The lowest BCUT2D eigenvalue weighted by molar-refractivity contribution is 0.102. The highest BCUT2D eigenvalue weighted by Gasteiger charge is 2.14. The minimum Gasteiger partial charge on any atom is -0.508 e. The van der Waals surface area contributed by atoms with Gasteiger partial charge in [0.15, 0.2) is 5.75 Å². The molecular weight excluding hydrogens is 256 g/mol. The van der Waals surface area contributed by atoms with Gasteiger partial charge in [0.2, 0.25) is 0 Å². The number of carbonyl (C=O) groups excluding carboxylic acids is 1. The molecule has 4 N–H and O–H groups in total. The molecule has 0 saturated carbocycles. The highest BCUT2D eigenvalue weighted by atomic mass is 16.5. The van der Waals surface area contributed by atoms with Gasteiger partial charge in [0.25, 0.3) is 5.91 Å². The van der Waals surface area contributed by atoms with Gasteiger partial charge in [-0.25, -0.2) is 0 Å². The zero-order chi connectivity index (χ0) is 14.7. The number of methoxy groups -OCH3 is 1. The summed E-state index contributed by atoms with van der Waals surface area (Å²) in [5.41, 5.74) is 7.74. The number of phenolic OH excluding ortho intramolecular Hbond substituents is 1. The number of benzene rings is 2. The van der Waals surface area contributed by atoms with E-state index in [2.05, 4.69) is 5.32 Å². The summed E-state index contributed by atoms with van der Waals surface area (Å²) in [5.74, 6) is 0.112. The van der Waals surface area contributed by atoms with Crippen molar-refractivity contribution in [3.63, 3.8) is 0 Å². The van der Waals surface area contributed by atoms with Gasteiger partial charge in [-0.05, 0) is 30.7 Å². The molecule has 0 unspecified atom stereocenters. The van der Waals surface area contributed by atoms with Crippen LogP contribution < -0.4 is 15.8 Å². The summed E-state index contributed by atoms with van der Waals surface area (Å²) >= 11 is 0. The van der Waals surface area contributed by atoms with Gasteiger partial charge in [-0.2, -0.15) is 0 Å². The number of nitrogen functional groups attached to an aromatic ring is 1. The van der Waals surface area contributed by atoms with Crippen molar-refractivity contribution in [1.82, 2.24) is 0 Å². The normalized spacial score (nSPS) is 10.1. The predicted octanol–water partition coefficient (Wildman–Crippen LogP) is 2.54. The van der Waals surface area contributed by atoms with Crippen molar-refractivity contribution in [2.75, 3.05) is 18.2 Å². The summed E-state index contributed by atoms with van der Waals surface area (Å²) in [4.78, 5) is 12.2. The maximum Gasteiger partial charge on any atom is 0.259 e. The molecule has 0 radical (unpaired) electrons. The van der Waals surface area contributed by atoms with Crippen LogP contribution in [0.4, 0.5) is 11.4 Å². The van der Waals surface area contributed by atoms with Gasteiger partial charge in [0.1, 0.15) is 5.75 Å². The first-order valence-corrected chi connectivity index (χ1v) is 6.06. The second kappa shape index (κ2) is 5.52. The average molecular weight is 272 g/mol. The molecule has 0 aliphatic carbocycles. The van der Waals surface area contributed by atoms with Crippen LogP contribution in [0.25, 0.3) is 0 Å². The van der Waals surface area contributed by atoms with Gasteiger partial charge in [-0.1, -0.05) is 12.1 Å². The Morgan fingerprint density at radius 3 is 2.70 bits per heavy atom. The van der Waals surface area contributed by atoms with Gasteiger partial charge in [0, 0.05) is 11.8 Å². The standard InChI is InChI=1S/C15H16N2O3/c1-9-6-7-10(8-13(9)18)17-15(19)11-4-3-5-12(16)14(11)20-2/h3-8,18H,16H2,1-2H3,(H,17,19). The fourth-order valence-corrected chi connectivity index (χ4v) is 1.85. The van der Waals surface area contributed by atoms with Crippen molar-refractivity contribution < 1.29 is 14.6 Å². The lowest BCUT2D eigenvalue weighted by atomic mass is 10.1. The van der Waals surface area contributed by atoms with Crippen LogP contribution in [0.3, 0.4) is 0 Å². The van der Waals surface area contributed by atoms with Crippen LogP contribution in [-0.4, -0.2) is 18.1 Å². The SMILES string of the molecule is COc1c(N)cccc1C(=O)Nc1ccc(C)c(O)c1. The van der Waals surface area contributed by atoms with E-state index in [1.807, 2.05) is 0 Å². The number of amides is 1. The topological polar surface area (TPSA) is 84.6 Å². The first-order chi connectivity index (χ1) is 9.52. The molecule has 0 aliphatic rings. The summed E-state index contributed by atoms with van der Waals surface area (Å²) in [6.07, 6.45) is 0. The third-order valence-electron chi connectivity index (χ3n) is 2.96. The number of rotatable bonds is 3. The molecule has 1 amide bonds. The molecule has 2 aromatic rings. The van der Waals surface area contributed by atoms with Crippen LogP contribution in [-0.2, 0) is 0 Å². The molecule has 0 aliphatic heterocycles.